The molecule has 0 unspecified atom stereocenters. The number of nitrogens with zero attached hydrogens (tertiary/aromatic N) is 1. The van der Waals surface area contributed by atoms with Crippen LogP contribution in [0, 0.1) is 0 Å². The van der Waals surface area contributed by atoms with Crippen molar-refractivity contribution in [1.29, 1.82) is 0 Å². The average Bonchev–Trinajstić information content (AvgIpc) is 2.12. The minimum atomic E-state index is -0.133. The Morgan fingerprint density at radius 1 is 1.29 bits per heavy atom. The van der Waals surface area contributed by atoms with Gasteiger partial charge in [0.25, 0.3) is 0 Å². The molecule has 4 heteroatoms. The highest BCUT2D eigenvalue weighted by atomic mass is 16.7. The molecule has 14 heavy (non-hydrogen) atoms. The number of rotatable bonds is 7. The normalized spacial score (nSPS) is 11.4. The van der Waals surface area contributed by atoms with Gasteiger partial charge in [-0.3, -0.25) is 4.79 Å². The Labute approximate surface area is 86.3 Å². The van der Waals surface area contributed by atoms with E-state index >= 15 is 0 Å². The number of carbonyl (C=O) groups excluding carboxylic acids is 1. The summed E-state index contributed by atoms with van der Waals surface area (Å²) < 4.78 is 5.47. The van der Waals surface area contributed by atoms with Crippen molar-refractivity contribution in [3.05, 3.63) is 0 Å². The molecule has 4 nitrogen and oxygen atoms in total. The van der Waals surface area contributed by atoms with Crippen LogP contribution >= 0.6 is 0 Å². The lowest BCUT2D eigenvalue weighted by Gasteiger charge is -2.25. The van der Waals surface area contributed by atoms with Crippen LogP contribution in [-0.4, -0.2) is 44.5 Å². The molecule has 0 aromatic heterocycles. The van der Waals surface area contributed by atoms with E-state index in [4.69, 9.17) is 9.57 Å². The molecule has 0 radical (unpaired) electrons. The van der Waals surface area contributed by atoms with Gasteiger partial charge in [0.15, 0.2) is 0 Å². The molecule has 0 N–H and O–H groups in total. The quantitative estimate of drug-likeness (QED) is 0.272. The van der Waals surface area contributed by atoms with Crippen molar-refractivity contribution in [3.8, 4) is 0 Å². The molecular weight excluding hydrogens is 182 g/mol. The molecule has 0 spiro atoms. The van der Waals surface area contributed by atoms with Gasteiger partial charge < -0.3 is 4.74 Å². The molecule has 0 aromatic carbocycles. The third-order valence-corrected chi connectivity index (χ3v) is 1.87. The van der Waals surface area contributed by atoms with Gasteiger partial charge in [0.05, 0.1) is 20.7 Å². The van der Waals surface area contributed by atoms with Gasteiger partial charge in [0.2, 0.25) is 0 Å². The highest BCUT2D eigenvalue weighted by molar-refractivity contribution is 5.68. The summed E-state index contributed by atoms with van der Waals surface area (Å²) >= 11 is 0. The summed E-state index contributed by atoms with van der Waals surface area (Å²) in [6.45, 7) is 5.80. The lowest BCUT2D eigenvalue weighted by atomic mass is 10.4. The van der Waals surface area contributed by atoms with Gasteiger partial charge in [-0.15, -0.1) is 0 Å². The molecule has 0 atom stereocenters. The zero-order chi connectivity index (χ0) is 11.0. The van der Waals surface area contributed by atoms with Crippen LogP contribution in [0.4, 0.5) is 0 Å². The molecule has 0 fully saturated rings. The van der Waals surface area contributed by atoms with Crippen LogP contribution in [0.15, 0.2) is 0 Å². The van der Waals surface area contributed by atoms with Crippen molar-refractivity contribution in [2.24, 2.45) is 0 Å². The summed E-state index contributed by atoms with van der Waals surface area (Å²) in [4.78, 5) is 16.3. The fourth-order valence-corrected chi connectivity index (χ4v) is 1.15. The van der Waals surface area contributed by atoms with Gasteiger partial charge in [-0.2, -0.15) is 4.65 Å². The fourth-order valence-electron chi connectivity index (χ4n) is 1.15. The van der Waals surface area contributed by atoms with E-state index in [1.165, 1.54) is 0 Å². The third-order valence-electron chi connectivity index (χ3n) is 1.87. The molecular formula is C10H22NO3+. The summed E-state index contributed by atoms with van der Waals surface area (Å²) in [5.74, 6) is -0.133. The first-order chi connectivity index (χ1) is 6.52. The van der Waals surface area contributed by atoms with Gasteiger partial charge in [0.1, 0.15) is 13.2 Å². The monoisotopic (exact) mass is 204 g/mol. The molecule has 0 saturated carbocycles. The molecule has 0 bridgehead atoms. The van der Waals surface area contributed by atoms with Crippen LogP contribution in [0.2, 0.25) is 0 Å². The maximum absolute atomic E-state index is 10.8. The van der Waals surface area contributed by atoms with E-state index in [9.17, 15) is 4.79 Å². The van der Waals surface area contributed by atoms with Crippen LogP contribution < -0.4 is 0 Å². The summed E-state index contributed by atoms with van der Waals surface area (Å²) in [5.41, 5.74) is 0. The molecule has 0 saturated heterocycles. The standard InChI is InChI=1S/C10H22NO3/c1-5-10(12)13-9-7-8-11(3,4)14-6-2/h5-9H2,1-4H3/q+1. The number of hydrogen-bond acceptors (Lipinski definition) is 3. The number of carbonyl (C=O) groups is 1. The van der Waals surface area contributed by atoms with Crippen molar-refractivity contribution in [1.82, 2.24) is 0 Å². The van der Waals surface area contributed by atoms with E-state index in [0.29, 0.717) is 24.3 Å². The number of ether oxygens (including phenoxy) is 1. The summed E-state index contributed by atoms with van der Waals surface area (Å²) in [6, 6.07) is 0. The van der Waals surface area contributed by atoms with Crippen molar-refractivity contribution in [2.75, 3.05) is 33.9 Å². The Kier molecular flexibility index (Phi) is 6.49. The Balaban J connectivity index is 3.48. The van der Waals surface area contributed by atoms with E-state index in [0.717, 1.165) is 13.0 Å². The second-order valence-electron chi connectivity index (χ2n) is 3.64. The zero-order valence-electron chi connectivity index (χ0n) is 9.71. The van der Waals surface area contributed by atoms with Crippen molar-refractivity contribution < 1.29 is 19.0 Å². The number of esters is 1. The first-order valence-electron chi connectivity index (χ1n) is 5.15. The topological polar surface area (TPSA) is 35.5 Å². The molecule has 0 amide bonds. The molecule has 0 aliphatic rings. The van der Waals surface area contributed by atoms with Crippen molar-refractivity contribution >= 4 is 5.97 Å². The van der Waals surface area contributed by atoms with Crippen molar-refractivity contribution in [2.45, 2.75) is 26.7 Å². The van der Waals surface area contributed by atoms with Crippen LogP contribution in [-0.2, 0) is 14.4 Å². The first-order valence-corrected chi connectivity index (χ1v) is 5.15. The van der Waals surface area contributed by atoms with E-state index in [-0.39, 0.29) is 5.97 Å². The highest BCUT2D eigenvalue weighted by Gasteiger charge is 2.15. The van der Waals surface area contributed by atoms with Crippen LogP contribution in [0.25, 0.3) is 0 Å². The fraction of sp³-hybridized carbons (Fsp3) is 0.900. The summed E-state index contributed by atoms with van der Waals surface area (Å²) in [6.07, 6.45) is 1.28. The molecule has 0 aliphatic carbocycles. The molecule has 84 valence electrons. The van der Waals surface area contributed by atoms with Gasteiger partial charge in [0, 0.05) is 12.8 Å². The Morgan fingerprint density at radius 3 is 2.43 bits per heavy atom. The third kappa shape index (κ3) is 6.86. The number of quaternary nitrogens is 1. The predicted octanol–water partition coefficient (Wildman–Crippen LogP) is 1.36. The maximum Gasteiger partial charge on any atom is 0.305 e. The first kappa shape index (κ1) is 13.4. The van der Waals surface area contributed by atoms with Crippen molar-refractivity contribution in [3.63, 3.8) is 0 Å². The van der Waals surface area contributed by atoms with Gasteiger partial charge in [-0.05, 0) is 6.92 Å². The Hall–Kier alpha value is -0.610. The minimum Gasteiger partial charge on any atom is -0.465 e. The van der Waals surface area contributed by atoms with Gasteiger partial charge >= 0.3 is 5.97 Å². The van der Waals surface area contributed by atoms with E-state index < -0.39 is 0 Å². The predicted molar refractivity (Wildman–Crippen MR) is 54.5 cm³/mol. The summed E-state index contributed by atoms with van der Waals surface area (Å²) in [7, 11) is 3.98. The number of hydroxylamine groups is 3. The van der Waals surface area contributed by atoms with Crippen LogP contribution in [0.5, 0.6) is 0 Å². The lowest BCUT2D eigenvalue weighted by Crippen LogP contribution is -2.40. The van der Waals surface area contributed by atoms with E-state index in [2.05, 4.69) is 0 Å². The molecule has 0 heterocycles. The molecule has 0 aliphatic heterocycles. The minimum absolute atomic E-state index is 0.133. The maximum atomic E-state index is 10.8. The molecule has 0 aromatic rings. The second kappa shape index (κ2) is 6.79. The second-order valence-corrected chi connectivity index (χ2v) is 3.64. The van der Waals surface area contributed by atoms with Gasteiger partial charge in [-0.25, -0.2) is 4.84 Å². The Morgan fingerprint density at radius 2 is 1.93 bits per heavy atom. The smallest absolute Gasteiger partial charge is 0.305 e. The SMILES string of the molecule is CCO[N+](C)(C)CCCOC(=O)CC. The van der Waals surface area contributed by atoms with E-state index in [1.807, 2.05) is 21.0 Å². The average molecular weight is 204 g/mol. The summed E-state index contributed by atoms with van der Waals surface area (Å²) in [5, 5.41) is 0. The largest absolute Gasteiger partial charge is 0.465 e. The molecule has 0 rings (SSSR count). The highest BCUT2D eigenvalue weighted by Crippen LogP contribution is 2.01. The Bertz CT molecular complexity index is 169. The van der Waals surface area contributed by atoms with Crippen LogP contribution in [0.3, 0.4) is 0 Å². The van der Waals surface area contributed by atoms with Crippen LogP contribution in [0.1, 0.15) is 26.7 Å². The number of hydrogen-bond donors (Lipinski definition) is 0. The van der Waals surface area contributed by atoms with Gasteiger partial charge in [-0.1, -0.05) is 6.92 Å². The van der Waals surface area contributed by atoms with E-state index in [1.54, 1.807) is 6.92 Å². The zero-order valence-corrected chi connectivity index (χ0v) is 9.71. The lowest BCUT2D eigenvalue weighted by molar-refractivity contribution is -1.08.